The van der Waals surface area contributed by atoms with Gasteiger partial charge in [0.2, 0.25) is 21.8 Å². The van der Waals surface area contributed by atoms with Crippen LogP contribution in [0.3, 0.4) is 0 Å². The fourth-order valence-electron chi connectivity index (χ4n) is 4.83. The largest absolute Gasteiger partial charge is 0.358 e. The van der Waals surface area contributed by atoms with E-state index in [0.29, 0.717) is 5.69 Å². The lowest BCUT2D eigenvalue weighted by molar-refractivity contribution is -0.131. The average Bonchev–Trinajstić information content (AvgIpc) is 3.05. The fraction of sp³-hybridized carbons (Fsp3) is 0.636. The first-order valence-corrected chi connectivity index (χ1v) is 12.7. The molecule has 170 valence electrons. The summed E-state index contributed by atoms with van der Waals surface area (Å²) in [6, 6.07) is 4.67. The number of nitrogens with zero attached hydrogens (tertiary/aromatic N) is 4. The van der Waals surface area contributed by atoms with Crippen molar-refractivity contribution >= 4 is 33.2 Å². The molecule has 1 aromatic rings. The van der Waals surface area contributed by atoms with Crippen molar-refractivity contribution in [1.82, 2.24) is 9.21 Å². The van der Waals surface area contributed by atoms with Gasteiger partial charge in [-0.3, -0.25) is 14.5 Å². The summed E-state index contributed by atoms with van der Waals surface area (Å²) in [6.45, 7) is 2.16. The van der Waals surface area contributed by atoms with Gasteiger partial charge in [0.15, 0.2) is 0 Å². The Kier molecular flexibility index (Phi) is 6.25. The van der Waals surface area contributed by atoms with Crippen molar-refractivity contribution in [2.24, 2.45) is 0 Å². The van der Waals surface area contributed by atoms with E-state index in [1.165, 1.54) is 19.0 Å². The molecule has 0 N–H and O–H groups in total. The Labute approximate surface area is 184 Å². The van der Waals surface area contributed by atoms with Gasteiger partial charge in [-0.1, -0.05) is 12.8 Å². The number of sulfonamides is 1. The van der Waals surface area contributed by atoms with Crippen molar-refractivity contribution in [3.05, 3.63) is 18.2 Å². The summed E-state index contributed by atoms with van der Waals surface area (Å²) in [5.41, 5.74) is 1.36. The Morgan fingerprint density at radius 3 is 2.35 bits per heavy atom. The number of anilines is 2. The Bertz CT molecular complexity index is 954. The predicted molar refractivity (Wildman–Crippen MR) is 120 cm³/mol. The minimum atomic E-state index is -3.65. The van der Waals surface area contributed by atoms with E-state index in [2.05, 4.69) is 4.90 Å². The number of likely N-dealkylation sites (tertiary alicyclic amines) is 1. The zero-order valence-corrected chi connectivity index (χ0v) is 19.2. The molecule has 1 aromatic carbocycles. The third-order valence-corrected chi connectivity index (χ3v) is 8.44. The first-order chi connectivity index (χ1) is 14.8. The van der Waals surface area contributed by atoms with Crippen molar-refractivity contribution < 1.29 is 18.0 Å². The van der Waals surface area contributed by atoms with Crippen LogP contribution in [0, 0.1) is 0 Å². The summed E-state index contributed by atoms with van der Waals surface area (Å²) < 4.78 is 26.6. The van der Waals surface area contributed by atoms with E-state index in [9.17, 15) is 18.0 Å². The topological polar surface area (TPSA) is 81.2 Å². The molecule has 3 aliphatic rings. The summed E-state index contributed by atoms with van der Waals surface area (Å²) in [7, 11) is -0.678. The monoisotopic (exact) mass is 448 g/mol. The van der Waals surface area contributed by atoms with Crippen LogP contribution < -0.4 is 9.80 Å². The quantitative estimate of drug-likeness (QED) is 0.704. The summed E-state index contributed by atoms with van der Waals surface area (Å²) in [5.74, 6) is -0.166. The van der Waals surface area contributed by atoms with E-state index in [0.717, 1.165) is 74.6 Å². The van der Waals surface area contributed by atoms with Crippen LogP contribution in [-0.2, 0) is 19.6 Å². The number of amides is 2. The molecule has 2 amide bonds. The Hall–Kier alpha value is -2.13. The lowest BCUT2D eigenvalue weighted by Gasteiger charge is -2.45. The minimum Gasteiger partial charge on any atom is -0.358 e. The van der Waals surface area contributed by atoms with E-state index in [1.807, 2.05) is 4.90 Å². The lowest BCUT2D eigenvalue weighted by Crippen LogP contribution is -2.57. The average molecular weight is 449 g/mol. The van der Waals surface area contributed by atoms with E-state index in [-0.39, 0.29) is 29.3 Å². The molecular weight excluding hydrogens is 416 g/mol. The number of piperidine rings is 1. The number of benzene rings is 1. The van der Waals surface area contributed by atoms with E-state index in [1.54, 1.807) is 18.2 Å². The first-order valence-electron chi connectivity index (χ1n) is 11.2. The molecule has 8 nitrogen and oxygen atoms in total. The van der Waals surface area contributed by atoms with Crippen LogP contribution in [0.4, 0.5) is 11.4 Å². The second kappa shape index (κ2) is 8.78. The van der Waals surface area contributed by atoms with Crippen molar-refractivity contribution in [3.63, 3.8) is 0 Å². The number of carbonyl (C=O) groups is 2. The fourth-order valence-corrected chi connectivity index (χ4v) is 5.75. The van der Waals surface area contributed by atoms with E-state index in [4.69, 9.17) is 0 Å². The van der Waals surface area contributed by atoms with Gasteiger partial charge in [0.05, 0.1) is 16.3 Å². The molecule has 0 spiro atoms. The van der Waals surface area contributed by atoms with Crippen molar-refractivity contribution in [3.8, 4) is 0 Å². The van der Waals surface area contributed by atoms with Crippen LogP contribution in [0.25, 0.3) is 0 Å². The molecule has 2 saturated heterocycles. The van der Waals surface area contributed by atoms with Crippen molar-refractivity contribution in [2.75, 3.05) is 50.1 Å². The number of rotatable bonds is 4. The molecule has 0 radical (unpaired) electrons. The van der Waals surface area contributed by atoms with Gasteiger partial charge in [-0.2, -0.15) is 0 Å². The predicted octanol–water partition coefficient (Wildman–Crippen LogP) is 2.04. The first kappa shape index (κ1) is 22.1. The molecule has 4 rings (SSSR count). The van der Waals surface area contributed by atoms with Crippen LogP contribution in [0.5, 0.6) is 0 Å². The number of carbonyl (C=O) groups excluding carboxylic acids is 2. The molecule has 0 aliphatic carbocycles. The SMILES string of the molecule is CN(C)S(=O)(=O)c1ccc2c(c1)N(CC(=O)N1CCCCCC1)C(=O)[C@@H]1CCCCN21. The van der Waals surface area contributed by atoms with Gasteiger partial charge in [-0.05, 0) is 50.3 Å². The Balaban J connectivity index is 1.72. The third-order valence-electron chi connectivity index (χ3n) is 6.63. The second-order valence-corrected chi connectivity index (χ2v) is 11.0. The highest BCUT2D eigenvalue weighted by Gasteiger charge is 2.41. The summed E-state index contributed by atoms with van der Waals surface area (Å²) in [6.07, 6.45) is 6.94. The van der Waals surface area contributed by atoms with Gasteiger partial charge < -0.3 is 9.80 Å². The molecule has 0 unspecified atom stereocenters. The van der Waals surface area contributed by atoms with Crippen molar-refractivity contribution in [1.29, 1.82) is 0 Å². The summed E-state index contributed by atoms with van der Waals surface area (Å²) in [5, 5.41) is 0. The zero-order valence-electron chi connectivity index (χ0n) is 18.4. The maximum absolute atomic E-state index is 13.5. The molecule has 0 saturated carbocycles. The van der Waals surface area contributed by atoms with Crippen LogP contribution in [-0.4, -0.2) is 75.8 Å². The van der Waals surface area contributed by atoms with Gasteiger partial charge in [0, 0.05) is 33.7 Å². The molecular formula is C22H32N4O4S. The normalized spacial score (nSPS) is 22.2. The summed E-state index contributed by atoms with van der Waals surface area (Å²) in [4.78, 5) is 32.2. The molecule has 2 fully saturated rings. The van der Waals surface area contributed by atoms with Gasteiger partial charge in [-0.15, -0.1) is 0 Å². The Morgan fingerprint density at radius 1 is 1.00 bits per heavy atom. The third kappa shape index (κ3) is 4.17. The number of hydrogen-bond acceptors (Lipinski definition) is 5. The highest BCUT2D eigenvalue weighted by molar-refractivity contribution is 7.89. The number of hydrogen-bond donors (Lipinski definition) is 0. The van der Waals surface area contributed by atoms with E-state index >= 15 is 0 Å². The highest BCUT2D eigenvalue weighted by atomic mass is 32.2. The lowest BCUT2D eigenvalue weighted by atomic mass is 9.96. The second-order valence-electron chi connectivity index (χ2n) is 8.86. The molecule has 1 atom stereocenters. The molecule has 9 heteroatoms. The van der Waals surface area contributed by atoms with Crippen LogP contribution >= 0.6 is 0 Å². The smallest absolute Gasteiger partial charge is 0.250 e. The van der Waals surface area contributed by atoms with Crippen LogP contribution in [0.1, 0.15) is 44.9 Å². The standard InChI is InChI=1S/C22H32N4O4S/c1-23(2)31(29,30)17-10-11-18-20(15-17)26(22(28)19-9-5-8-14-25(18)19)16-21(27)24-12-6-3-4-7-13-24/h10-11,15,19H,3-9,12-14,16H2,1-2H3/t19-/m0/s1. The zero-order chi connectivity index (χ0) is 22.2. The minimum absolute atomic E-state index is 0.0400. The van der Waals surface area contributed by atoms with Crippen molar-refractivity contribution in [2.45, 2.75) is 55.9 Å². The molecule has 3 aliphatic heterocycles. The van der Waals surface area contributed by atoms with E-state index < -0.39 is 10.0 Å². The van der Waals surface area contributed by atoms with Crippen LogP contribution in [0.2, 0.25) is 0 Å². The molecule has 0 aromatic heterocycles. The molecule has 0 bridgehead atoms. The van der Waals surface area contributed by atoms with Gasteiger partial charge in [0.25, 0.3) is 0 Å². The number of fused-ring (bicyclic) bond motifs is 3. The summed E-state index contributed by atoms with van der Waals surface area (Å²) >= 11 is 0. The highest BCUT2D eigenvalue weighted by Crippen LogP contribution is 2.41. The maximum atomic E-state index is 13.5. The van der Waals surface area contributed by atoms with Gasteiger partial charge in [0.1, 0.15) is 12.6 Å². The molecule has 3 heterocycles. The van der Waals surface area contributed by atoms with Gasteiger partial charge >= 0.3 is 0 Å². The Morgan fingerprint density at radius 2 is 1.68 bits per heavy atom. The molecule has 31 heavy (non-hydrogen) atoms. The van der Waals surface area contributed by atoms with Crippen LogP contribution in [0.15, 0.2) is 23.1 Å². The van der Waals surface area contributed by atoms with Gasteiger partial charge in [-0.25, -0.2) is 12.7 Å². The maximum Gasteiger partial charge on any atom is 0.250 e.